The molecule has 2 aliphatic heterocycles. The molecule has 3 N–H and O–H groups in total. The Morgan fingerprint density at radius 1 is 1.04 bits per heavy atom. The Labute approximate surface area is 132 Å². The van der Waals surface area contributed by atoms with Gasteiger partial charge in [0.15, 0.2) is 0 Å². The van der Waals surface area contributed by atoms with Gasteiger partial charge >= 0.3 is 0 Å². The maximum atomic E-state index is 12.4. The predicted octanol–water partition coefficient (Wildman–Crippen LogP) is 0.776. The summed E-state index contributed by atoms with van der Waals surface area (Å²) in [4.78, 5) is 26.3. The van der Waals surface area contributed by atoms with E-state index < -0.39 is 0 Å². The third-order valence-electron chi connectivity index (χ3n) is 4.27. The minimum Gasteiger partial charge on any atom is -0.363 e. The van der Waals surface area contributed by atoms with Crippen LogP contribution in [0.1, 0.15) is 17.0 Å². The highest BCUT2D eigenvalue weighted by molar-refractivity contribution is 5.96. The van der Waals surface area contributed by atoms with E-state index >= 15 is 0 Å². The summed E-state index contributed by atoms with van der Waals surface area (Å²) in [5.41, 5.74) is 5.78. The number of H-pyrrole nitrogens is 1. The average molecular weight is 308 g/mol. The fourth-order valence-electron chi connectivity index (χ4n) is 3.10. The van der Waals surface area contributed by atoms with Crippen LogP contribution in [-0.2, 0) is 4.79 Å². The highest BCUT2D eigenvalue weighted by Gasteiger charge is 2.40. The molecule has 0 bridgehead atoms. The molecule has 0 aliphatic carbocycles. The van der Waals surface area contributed by atoms with Crippen molar-refractivity contribution in [2.24, 2.45) is 0 Å². The second-order valence-electron chi connectivity index (χ2n) is 5.68. The Morgan fingerprint density at radius 2 is 1.87 bits per heavy atom. The number of nitrogens with one attached hydrogen (secondary N) is 3. The number of hydrazine groups is 1. The minimum absolute atomic E-state index is 0.0585. The van der Waals surface area contributed by atoms with Crippen molar-refractivity contribution in [2.45, 2.75) is 12.1 Å². The zero-order valence-electron chi connectivity index (χ0n) is 12.3. The smallest absolute Gasteiger partial charge is 0.264 e. The van der Waals surface area contributed by atoms with Gasteiger partial charge in [0.2, 0.25) is 5.56 Å². The Hall–Kier alpha value is -2.86. The molecule has 1 amide bonds. The summed E-state index contributed by atoms with van der Waals surface area (Å²) in [7, 11) is 0. The van der Waals surface area contributed by atoms with Crippen LogP contribution in [0.3, 0.4) is 0 Å². The van der Waals surface area contributed by atoms with Crippen LogP contribution < -0.4 is 16.3 Å². The largest absolute Gasteiger partial charge is 0.363 e. The normalized spacial score (nSPS) is 23.2. The molecule has 2 aromatic rings. The third kappa shape index (κ3) is 2.43. The molecule has 1 aromatic carbocycles. The monoisotopic (exact) mass is 308 g/mol. The number of hydrogen-bond donors (Lipinski definition) is 3. The molecule has 6 nitrogen and oxygen atoms in total. The van der Waals surface area contributed by atoms with Crippen molar-refractivity contribution in [1.82, 2.24) is 20.7 Å². The van der Waals surface area contributed by atoms with E-state index in [0.29, 0.717) is 6.54 Å². The van der Waals surface area contributed by atoms with Crippen LogP contribution in [0, 0.1) is 0 Å². The number of fused-ring (bicyclic) bond motifs is 1. The maximum Gasteiger partial charge on any atom is 0.264 e. The predicted molar refractivity (Wildman–Crippen MR) is 86.0 cm³/mol. The Morgan fingerprint density at radius 3 is 2.61 bits per heavy atom. The number of amides is 1. The molecule has 0 radical (unpaired) electrons. The molecule has 0 saturated carbocycles. The second kappa shape index (κ2) is 5.40. The lowest BCUT2D eigenvalue weighted by Gasteiger charge is -2.33. The minimum atomic E-state index is -0.186. The van der Waals surface area contributed by atoms with Crippen LogP contribution >= 0.6 is 0 Å². The summed E-state index contributed by atoms with van der Waals surface area (Å²) < 4.78 is 0. The van der Waals surface area contributed by atoms with Crippen molar-refractivity contribution in [1.29, 1.82) is 0 Å². The first-order chi connectivity index (χ1) is 11.2. The molecule has 4 rings (SSSR count). The van der Waals surface area contributed by atoms with Gasteiger partial charge in [-0.2, -0.15) is 0 Å². The van der Waals surface area contributed by atoms with Gasteiger partial charge in [0.25, 0.3) is 5.91 Å². The molecular weight excluding hydrogens is 292 g/mol. The van der Waals surface area contributed by atoms with Crippen LogP contribution in [0.4, 0.5) is 0 Å². The third-order valence-corrected chi connectivity index (χ3v) is 4.27. The van der Waals surface area contributed by atoms with Crippen molar-refractivity contribution < 1.29 is 4.79 Å². The number of benzene rings is 1. The Bertz CT molecular complexity index is 807. The zero-order chi connectivity index (χ0) is 15.8. The number of carbonyl (C=O) groups is 1. The summed E-state index contributed by atoms with van der Waals surface area (Å²) in [6.07, 6.45) is 3.13. The molecule has 23 heavy (non-hydrogen) atoms. The standard InChI is InChI=1S/C17H16N4O2/c22-15-7-6-12(9-18-15)13-10-19-21-16(23)8-14(20-17(13)21)11-4-2-1-3-5-11/h1-9,13,17,19-20H,10H2,(H,18,22). The van der Waals surface area contributed by atoms with Crippen LogP contribution in [0.15, 0.2) is 59.5 Å². The van der Waals surface area contributed by atoms with E-state index in [-0.39, 0.29) is 23.6 Å². The van der Waals surface area contributed by atoms with Crippen molar-refractivity contribution in [3.05, 3.63) is 76.2 Å². The van der Waals surface area contributed by atoms with Crippen LogP contribution in [0.2, 0.25) is 0 Å². The van der Waals surface area contributed by atoms with Gasteiger partial charge in [0, 0.05) is 36.5 Å². The van der Waals surface area contributed by atoms with Gasteiger partial charge in [-0.3, -0.25) is 14.6 Å². The van der Waals surface area contributed by atoms with Crippen molar-refractivity contribution >= 4 is 11.6 Å². The van der Waals surface area contributed by atoms with E-state index in [4.69, 9.17) is 0 Å². The van der Waals surface area contributed by atoms with Gasteiger partial charge < -0.3 is 10.3 Å². The van der Waals surface area contributed by atoms with Crippen molar-refractivity contribution in [3.8, 4) is 0 Å². The number of carbonyl (C=O) groups excluding carboxylic acids is 1. The fourth-order valence-corrected chi connectivity index (χ4v) is 3.10. The fraction of sp³-hybridized carbons (Fsp3) is 0.176. The second-order valence-corrected chi connectivity index (χ2v) is 5.68. The number of nitrogens with zero attached hydrogens (tertiary/aromatic N) is 1. The van der Waals surface area contributed by atoms with E-state index in [2.05, 4.69) is 15.7 Å². The first kappa shape index (κ1) is 13.8. The summed E-state index contributed by atoms with van der Waals surface area (Å²) in [6.45, 7) is 0.630. The Balaban J connectivity index is 1.66. The van der Waals surface area contributed by atoms with Crippen LogP contribution in [-0.4, -0.2) is 28.6 Å². The van der Waals surface area contributed by atoms with Crippen molar-refractivity contribution in [3.63, 3.8) is 0 Å². The van der Waals surface area contributed by atoms with E-state index in [1.807, 2.05) is 30.3 Å². The van der Waals surface area contributed by atoms with Gasteiger partial charge in [0.05, 0.1) is 0 Å². The highest BCUT2D eigenvalue weighted by Crippen LogP contribution is 2.30. The number of hydrogen-bond acceptors (Lipinski definition) is 4. The first-order valence-corrected chi connectivity index (χ1v) is 7.51. The molecule has 2 unspecified atom stereocenters. The van der Waals surface area contributed by atoms with Gasteiger partial charge in [-0.05, 0) is 11.1 Å². The molecule has 1 aromatic heterocycles. The van der Waals surface area contributed by atoms with Gasteiger partial charge in [-0.15, -0.1) is 0 Å². The number of aromatic amines is 1. The molecule has 116 valence electrons. The summed E-state index contributed by atoms with van der Waals surface area (Å²) in [5, 5.41) is 5.05. The van der Waals surface area contributed by atoms with Gasteiger partial charge in [0.1, 0.15) is 6.17 Å². The highest BCUT2D eigenvalue weighted by atomic mass is 16.2. The SMILES string of the molecule is O=C1C=C(c2ccccc2)NC2C(c3ccc(=O)[nH]c3)CNN12. The molecule has 2 aliphatic rings. The molecule has 3 heterocycles. The number of pyridine rings is 1. The molecule has 1 saturated heterocycles. The zero-order valence-corrected chi connectivity index (χ0v) is 12.3. The lowest BCUT2D eigenvalue weighted by molar-refractivity contribution is -0.130. The topological polar surface area (TPSA) is 77.2 Å². The van der Waals surface area contributed by atoms with E-state index in [9.17, 15) is 9.59 Å². The quantitative estimate of drug-likeness (QED) is 0.766. The molecular formula is C17H16N4O2. The Kier molecular flexibility index (Phi) is 3.24. The van der Waals surface area contributed by atoms with Crippen LogP contribution in [0.25, 0.3) is 5.70 Å². The summed E-state index contributed by atoms with van der Waals surface area (Å²) in [6, 6.07) is 13.1. The number of aromatic nitrogens is 1. The van der Waals surface area contributed by atoms with E-state index in [0.717, 1.165) is 16.8 Å². The summed E-state index contributed by atoms with van der Waals surface area (Å²) in [5.74, 6) is -0.0114. The molecule has 2 atom stereocenters. The van der Waals surface area contributed by atoms with Crippen molar-refractivity contribution in [2.75, 3.05) is 6.54 Å². The molecule has 0 spiro atoms. The van der Waals surface area contributed by atoms with Crippen LogP contribution in [0.5, 0.6) is 0 Å². The number of rotatable bonds is 2. The first-order valence-electron chi connectivity index (χ1n) is 7.51. The maximum absolute atomic E-state index is 12.4. The van der Waals surface area contributed by atoms with E-state index in [1.165, 1.54) is 6.07 Å². The average Bonchev–Trinajstić information content (AvgIpc) is 3.01. The van der Waals surface area contributed by atoms with Gasteiger partial charge in [-0.25, -0.2) is 5.43 Å². The van der Waals surface area contributed by atoms with E-state index in [1.54, 1.807) is 23.3 Å². The lowest BCUT2D eigenvalue weighted by atomic mass is 9.97. The van der Waals surface area contributed by atoms with Gasteiger partial charge in [-0.1, -0.05) is 36.4 Å². The molecule has 1 fully saturated rings. The lowest BCUT2D eigenvalue weighted by Crippen LogP contribution is -2.52. The molecule has 6 heteroatoms. The summed E-state index contributed by atoms with van der Waals surface area (Å²) >= 11 is 0.